The summed E-state index contributed by atoms with van der Waals surface area (Å²) in [6, 6.07) is 0. The van der Waals surface area contributed by atoms with Gasteiger partial charge in [0.2, 0.25) is 0 Å². The molecule has 0 aromatic carbocycles. The number of hydrogen-bond acceptors (Lipinski definition) is 2. The van der Waals surface area contributed by atoms with Crippen LogP contribution in [0.4, 0.5) is 0 Å². The van der Waals surface area contributed by atoms with Gasteiger partial charge < -0.3 is 9.84 Å². The molecule has 2 unspecified atom stereocenters. The molecule has 0 spiro atoms. The highest BCUT2D eigenvalue weighted by atomic mass is 16.5. The van der Waals surface area contributed by atoms with Gasteiger partial charge in [-0.25, -0.2) is 0 Å². The molecule has 1 N–H and O–H groups in total. The first-order chi connectivity index (χ1) is 4.17. The lowest BCUT2D eigenvalue weighted by Gasteiger charge is -2.42. The van der Waals surface area contributed by atoms with Crippen LogP contribution in [0.1, 0.15) is 19.8 Å². The molecular formula is C7H14O2. The van der Waals surface area contributed by atoms with Crippen LogP contribution in [0, 0.1) is 5.92 Å². The molecule has 1 rings (SSSR count). The van der Waals surface area contributed by atoms with Gasteiger partial charge in [0.05, 0.1) is 12.2 Å². The van der Waals surface area contributed by atoms with Crippen molar-refractivity contribution in [3.05, 3.63) is 0 Å². The van der Waals surface area contributed by atoms with Gasteiger partial charge >= 0.3 is 0 Å². The fraction of sp³-hybridized carbons (Fsp3) is 1.00. The molecule has 0 bridgehead atoms. The second-order valence-corrected chi connectivity index (χ2v) is 3.05. The van der Waals surface area contributed by atoms with Gasteiger partial charge in [-0.2, -0.15) is 0 Å². The van der Waals surface area contributed by atoms with Crippen LogP contribution in [0.5, 0.6) is 0 Å². The maximum absolute atomic E-state index is 9.42. The Bertz CT molecular complexity index is 99.1. The van der Waals surface area contributed by atoms with Gasteiger partial charge in [-0.15, -0.1) is 0 Å². The predicted octanol–water partition coefficient (Wildman–Crippen LogP) is 0.794. The summed E-state index contributed by atoms with van der Waals surface area (Å²) in [6.07, 6.45) is 2.04. The number of ether oxygens (including phenoxy) is 1. The Hall–Kier alpha value is -0.0800. The minimum absolute atomic E-state index is 0.377. The zero-order chi connectivity index (χ0) is 6.91. The van der Waals surface area contributed by atoms with E-state index in [0.717, 1.165) is 12.8 Å². The lowest BCUT2D eigenvalue weighted by molar-refractivity contribution is -0.103. The maximum atomic E-state index is 9.42. The summed E-state index contributed by atoms with van der Waals surface area (Å²) in [5.41, 5.74) is -0.435. The van der Waals surface area contributed by atoms with E-state index >= 15 is 0 Å². The lowest BCUT2D eigenvalue weighted by atomic mass is 9.71. The first-order valence-electron chi connectivity index (χ1n) is 3.38. The van der Waals surface area contributed by atoms with Crippen LogP contribution < -0.4 is 0 Å². The van der Waals surface area contributed by atoms with Crippen LogP contribution in [0.3, 0.4) is 0 Å². The smallest absolute Gasteiger partial charge is 0.0669 e. The highest BCUT2D eigenvalue weighted by Gasteiger charge is 2.40. The summed E-state index contributed by atoms with van der Waals surface area (Å²) >= 11 is 0. The number of aliphatic hydroxyl groups is 1. The van der Waals surface area contributed by atoms with Gasteiger partial charge in [0.1, 0.15) is 0 Å². The Labute approximate surface area is 55.8 Å². The normalized spacial score (nSPS) is 42.3. The zero-order valence-corrected chi connectivity index (χ0v) is 6.05. The first-order valence-corrected chi connectivity index (χ1v) is 3.38. The van der Waals surface area contributed by atoms with Gasteiger partial charge in [-0.3, -0.25) is 0 Å². The average Bonchev–Trinajstić information content (AvgIpc) is 1.81. The number of hydrogen-bond donors (Lipinski definition) is 1. The largest absolute Gasteiger partial charge is 0.390 e. The van der Waals surface area contributed by atoms with Crippen molar-refractivity contribution in [2.24, 2.45) is 5.92 Å². The fourth-order valence-corrected chi connectivity index (χ4v) is 1.23. The van der Waals surface area contributed by atoms with E-state index in [9.17, 15) is 5.11 Å². The molecule has 0 aromatic rings. The van der Waals surface area contributed by atoms with Crippen LogP contribution in [-0.2, 0) is 4.74 Å². The Morgan fingerprint density at radius 1 is 1.78 bits per heavy atom. The van der Waals surface area contributed by atoms with Crippen LogP contribution >= 0.6 is 0 Å². The first kappa shape index (κ1) is 7.03. The van der Waals surface area contributed by atoms with E-state index < -0.39 is 5.60 Å². The van der Waals surface area contributed by atoms with Gasteiger partial charge in [0.15, 0.2) is 0 Å². The second-order valence-electron chi connectivity index (χ2n) is 3.05. The third-order valence-electron chi connectivity index (χ3n) is 2.25. The summed E-state index contributed by atoms with van der Waals surface area (Å²) in [6.45, 7) is 2.58. The van der Waals surface area contributed by atoms with Crippen LogP contribution in [0.25, 0.3) is 0 Å². The van der Waals surface area contributed by atoms with E-state index in [0.29, 0.717) is 12.5 Å². The van der Waals surface area contributed by atoms with Crippen molar-refractivity contribution in [3.63, 3.8) is 0 Å². The monoisotopic (exact) mass is 130 g/mol. The van der Waals surface area contributed by atoms with Crippen LogP contribution in [0.2, 0.25) is 0 Å². The number of rotatable bonds is 2. The average molecular weight is 130 g/mol. The molecule has 0 saturated heterocycles. The molecule has 0 aliphatic heterocycles. The highest BCUT2D eigenvalue weighted by molar-refractivity contribution is 4.91. The minimum Gasteiger partial charge on any atom is -0.390 e. The maximum Gasteiger partial charge on any atom is 0.0669 e. The van der Waals surface area contributed by atoms with Crippen LogP contribution in [0.15, 0.2) is 0 Å². The molecule has 2 heteroatoms. The SMILES string of the molecule is COCC1CCC1(C)O. The second kappa shape index (κ2) is 2.27. The molecule has 1 aliphatic carbocycles. The van der Waals surface area contributed by atoms with Gasteiger partial charge in [-0.05, 0) is 19.8 Å². The standard InChI is InChI=1S/C7H14O2/c1-7(8)4-3-6(7)5-9-2/h6,8H,3-5H2,1-2H3. The molecule has 0 heterocycles. The Morgan fingerprint density at radius 2 is 2.44 bits per heavy atom. The van der Waals surface area contributed by atoms with Crippen LogP contribution in [-0.4, -0.2) is 24.4 Å². The molecule has 54 valence electrons. The Kier molecular flexibility index (Phi) is 1.78. The van der Waals surface area contributed by atoms with E-state index in [2.05, 4.69) is 0 Å². The van der Waals surface area contributed by atoms with Gasteiger partial charge in [0.25, 0.3) is 0 Å². The lowest BCUT2D eigenvalue weighted by Crippen LogP contribution is -2.46. The molecule has 1 fully saturated rings. The summed E-state index contributed by atoms with van der Waals surface area (Å²) in [5.74, 6) is 0.377. The van der Waals surface area contributed by atoms with E-state index in [1.54, 1.807) is 7.11 Å². The van der Waals surface area contributed by atoms with Crippen molar-refractivity contribution in [3.8, 4) is 0 Å². The fourth-order valence-electron chi connectivity index (χ4n) is 1.23. The van der Waals surface area contributed by atoms with E-state index in [1.807, 2.05) is 6.92 Å². The Balaban J connectivity index is 2.28. The predicted molar refractivity (Wildman–Crippen MR) is 35.2 cm³/mol. The summed E-state index contributed by atoms with van der Waals surface area (Å²) in [4.78, 5) is 0. The Morgan fingerprint density at radius 3 is 2.56 bits per heavy atom. The summed E-state index contributed by atoms with van der Waals surface area (Å²) < 4.78 is 4.92. The van der Waals surface area contributed by atoms with Gasteiger partial charge in [-0.1, -0.05) is 0 Å². The molecule has 0 amide bonds. The summed E-state index contributed by atoms with van der Waals surface area (Å²) in [7, 11) is 1.68. The molecule has 0 aromatic heterocycles. The van der Waals surface area contributed by atoms with Gasteiger partial charge in [0, 0.05) is 13.0 Å². The topological polar surface area (TPSA) is 29.5 Å². The highest BCUT2D eigenvalue weighted by Crippen LogP contribution is 2.37. The molecule has 2 atom stereocenters. The van der Waals surface area contributed by atoms with E-state index in [1.165, 1.54) is 0 Å². The van der Waals surface area contributed by atoms with E-state index in [4.69, 9.17) is 4.74 Å². The number of methoxy groups -OCH3 is 1. The third-order valence-corrected chi connectivity index (χ3v) is 2.25. The minimum atomic E-state index is -0.435. The van der Waals surface area contributed by atoms with Crippen molar-refractivity contribution < 1.29 is 9.84 Å². The zero-order valence-electron chi connectivity index (χ0n) is 6.05. The molecule has 2 nitrogen and oxygen atoms in total. The molecule has 9 heavy (non-hydrogen) atoms. The summed E-state index contributed by atoms with van der Waals surface area (Å²) in [5, 5.41) is 9.42. The van der Waals surface area contributed by atoms with Crippen molar-refractivity contribution in [2.75, 3.05) is 13.7 Å². The van der Waals surface area contributed by atoms with E-state index in [-0.39, 0.29) is 0 Å². The molecule has 1 saturated carbocycles. The quantitative estimate of drug-likeness (QED) is 0.599. The van der Waals surface area contributed by atoms with Crippen molar-refractivity contribution in [2.45, 2.75) is 25.4 Å². The third kappa shape index (κ3) is 1.25. The van der Waals surface area contributed by atoms with Crippen molar-refractivity contribution in [1.82, 2.24) is 0 Å². The van der Waals surface area contributed by atoms with Crippen molar-refractivity contribution in [1.29, 1.82) is 0 Å². The van der Waals surface area contributed by atoms with Crippen molar-refractivity contribution >= 4 is 0 Å². The molecule has 0 radical (unpaired) electrons. The molecular weight excluding hydrogens is 116 g/mol. The molecule has 1 aliphatic rings.